The van der Waals surface area contributed by atoms with Crippen molar-refractivity contribution >= 4 is 11.6 Å². The fourth-order valence-corrected chi connectivity index (χ4v) is 6.32. The molecule has 33 heavy (non-hydrogen) atoms. The zero-order chi connectivity index (χ0) is 22.5. The summed E-state index contributed by atoms with van der Waals surface area (Å²) >= 11 is 0. The zero-order valence-corrected chi connectivity index (χ0v) is 20.2. The molecule has 1 aliphatic carbocycles. The molecule has 0 amide bonds. The van der Waals surface area contributed by atoms with Crippen molar-refractivity contribution in [2.24, 2.45) is 17.8 Å². The maximum Gasteiger partial charge on any atom is 0.135 e. The number of carbonyl (C=O) groups is 1. The first-order valence-electron chi connectivity index (χ1n) is 13.4. The van der Waals surface area contributed by atoms with E-state index in [1.54, 1.807) is 0 Å². The molecule has 3 fully saturated rings. The molecule has 0 unspecified atom stereocenters. The van der Waals surface area contributed by atoms with Crippen LogP contribution in [0.3, 0.4) is 0 Å². The maximum absolute atomic E-state index is 12.5. The van der Waals surface area contributed by atoms with E-state index in [0.717, 1.165) is 95.6 Å². The van der Waals surface area contributed by atoms with Crippen LogP contribution in [0.5, 0.6) is 5.75 Å². The van der Waals surface area contributed by atoms with Crippen molar-refractivity contribution in [1.29, 1.82) is 0 Å². The highest BCUT2D eigenvalue weighted by Crippen LogP contribution is 2.35. The highest BCUT2D eigenvalue weighted by molar-refractivity contribution is 5.78. The number of ketones is 1. The summed E-state index contributed by atoms with van der Waals surface area (Å²) in [4.78, 5) is 22.3. The second-order valence-corrected chi connectivity index (χ2v) is 10.7. The SMILES string of the molecule is O=C(CC1CCOCC1)CC1CCC(CCN2CCN(c3nccc4c3CCO4)CC2)CC1. The van der Waals surface area contributed by atoms with Crippen LogP contribution in [0, 0.1) is 17.8 Å². The van der Waals surface area contributed by atoms with Gasteiger partial charge in [-0.25, -0.2) is 4.98 Å². The lowest BCUT2D eigenvalue weighted by atomic mass is 9.77. The van der Waals surface area contributed by atoms with Gasteiger partial charge in [-0.15, -0.1) is 0 Å². The van der Waals surface area contributed by atoms with Gasteiger partial charge < -0.3 is 14.4 Å². The molecular weight excluding hydrogens is 414 g/mol. The van der Waals surface area contributed by atoms with Crippen LogP contribution in [-0.4, -0.2) is 68.2 Å². The maximum atomic E-state index is 12.5. The zero-order valence-electron chi connectivity index (χ0n) is 20.2. The van der Waals surface area contributed by atoms with Crippen LogP contribution in [0.2, 0.25) is 0 Å². The molecule has 5 rings (SSSR count). The van der Waals surface area contributed by atoms with Gasteiger partial charge in [-0.05, 0) is 62.5 Å². The molecule has 4 heterocycles. The van der Waals surface area contributed by atoms with Crippen LogP contribution in [0.1, 0.15) is 63.4 Å². The predicted molar refractivity (Wildman–Crippen MR) is 130 cm³/mol. The summed E-state index contributed by atoms with van der Waals surface area (Å²) in [7, 11) is 0. The van der Waals surface area contributed by atoms with Gasteiger partial charge in [0.15, 0.2) is 0 Å². The molecule has 0 atom stereocenters. The Kier molecular flexibility index (Phi) is 7.82. The van der Waals surface area contributed by atoms with E-state index in [-0.39, 0.29) is 0 Å². The quantitative estimate of drug-likeness (QED) is 0.588. The third-order valence-electron chi connectivity index (χ3n) is 8.46. The van der Waals surface area contributed by atoms with Gasteiger partial charge in [-0.2, -0.15) is 0 Å². The van der Waals surface area contributed by atoms with Gasteiger partial charge in [0, 0.05) is 70.4 Å². The Morgan fingerprint density at radius 3 is 2.36 bits per heavy atom. The lowest BCUT2D eigenvalue weighted by molar-refractivity contribution is -0.121. The molecule has 1 aromatic rings. The van der Waals surface area contributed by atoms with Gasteiger partial charge >= 0.3 is 0 Å². The molecule has 0 aromatic carbocycles. The third-order valence-corrected chi connectivity index (χ3v) is 8.46. The molecule has 1 aromatic heterocycles. The van der Waals surface area contributed by atoms with Crippen LogP contribution in [0.15, 0.2) is 12.3 Å². The third kappa shape index (κ3) is 6.07. The number of hydrogen-bond acceptors (Lipinski definition) is 6. The molecule has 1 saturated carbocycles. The summed E-state index contributed by atoms with van der Waals surface area (Å²) in [5, 5.41) is 0. The highest BCUT2D eigenvalue weighted by atomic mass is 16.5. The summed E-state index contributed by atoms with van der Waals surface area (Å²) < 4.78 is 11.1. The van der Waals surface area contributed by atoms with Crippen LogP contribution >= 0.6 is 0 Å². The number of pyridine rings is 1. The highest BCUT2D eigenvalue weighted by Gasteiger charge is 2.27. The van der Waals surface area contributed by atoms with E-state index in [2.05, 4.69) is 14.8 Å². The average molecular weight is 456 g/mol. The molecule has 0 spiro atoms. The van der Waals surface area contributed by atoms with Crippen molar-refractivity contribution in [3.8, 4) is 5.75 Å². The van der Waals surface area contributed by atoms with Crippen LogP contribution < -0.4 is 9.64 Å². The Bertz CT molecular complexity index is 779. The molecule has 2 saturated heterocycles. The monoisotopic (exact) mass is 455 g/mol. The number of fused-ring (bicyclic) bond motifs is 1. The Balaban J connectivity index is 0.980. The number of ether oxygens (including phenoxy) is 2. The normalized spacial score (nSPS) is 26.7. The molecule has 6 nitrogen and oxygen atoms in total. The van der Waals surface area contributed by atoms with Crippen LogP contribution in [0.4, 0.5) is 5.82 Å². The van der Waals surface area contributed by atoms with E-state index in [1.165, 1.54) is 44.2 Å². The smallest absolute Gasteiger partial charge is 0.135 e. The van der Waals surface area contributed by atoms with Crippen molar-refractivity contribution in [2.45, 2.75) is 64.2 Å². The van der Waals surface area contributed by atoms with E-state index < -0.39 is 0 Å². The topological polar surface area (TPSA) is 54.9 Å². The average Bonchev–Trinajstić information content (AvgIpc) is 3.34. The first-order chi connectivity index (χ1) is 16.2. The van der Waals surface area contributed by atoms with Crippen molar-refractivity contribution in [3.63, 3.8) is 0 Å². The number of nitrogens with zero attached hydrogens (tertiary/aromatic N) is 3. The minimum absolute atomic E-state index is 0.508. The van der Waals surface area contributed by atoms with E-state index >= 15 is 0 Å². The summed E-state index contributed by atoms with van der Waals surface area (Å²) in [6, 6.07) is 2.00. The summed E-state index contributed by atoms with van der Waals surface area (Å²) in [5.41, 5.74) is 1.30. The van der Waals surface area contributed by atoms with E-state index in [0.29, 0.717) is 17.6 Å². The van der Waals surface area contributed by atoms with Crippen molar-refractivity contribution in [1.82, 2.24) is 9.88 Å². The number of rotatable bonds is 8. The second-order valence-electron chi connectivity index (χ2n) is 10.7. The standard InChI is InChI=1S/C27H41N3O3/c31-24(20-23-7-16-32-17-8-23)19-22-3-1-21(2-4-22)6-11-29-12-14-30(15-13-29)27-25-9-18-33-26(25)5-10-28-27/h5,10,21-23H,1-4,6-9,11-20H2. The Morgan fingerprint density at radius 2 is 1.61 bits per heavy atom. The lowest BCUT2D eigenvalue weighted by Crippen LogP contribution is -2.47. The van der Waals surface area contributed by atoms with Gasteiger partial charge in [-0.1, -0.05) is 12.8 Å². The molecule has 4 aliphatic rings. The first kappa shape index (κ1) is 23.1. The number of aromatic nitrogens is 1. The number of anilines is 1. The van der Waals surface area contributed by atoms with Gasteiger partial charge in [0.1, 0.15) is 17.4 Å². The molecule has 3 aliphatic heterocycles. The van der Waals surface area contributed by atoms with Crippen molar-refractivity contribution in [3.05, 3.63) is 17.8 Å². The summed E-state index contributed by atoms with van der Waals surface area (Å²) in [6.45, 7) is 8.08. The Hall–Kier alpha value is -1.66. The predicted octanol–water partition coefficient (Wildman–Crippen LogP) is 4.11. The molecule has 182 valence electrons. The van der Waals surface area contributed by atoms with Gasteiger partial charge in [-0.3, -0.25) is 9.69 Å². The minimum Gasteiger partial charge on any atom is -0.493 e. The summed E-state index contributed by atoms with van der Waals surface area (Å²) in [6.07, 6.45) is 13.1. The van der Waals surface area contributed by atoms with Gasteiger partial charge in [0.25, 0.3) is 0 Å². The van der Waals surface area contributed by atoms with Crippen molar-refractivity contribution in [2.75, 3.05) is 57.4 Å². The first-order valence-corrected chi connectivity index (χ1v) is 13.4. The fraction of sp³-hybridized carbons (Fsp3) is 0.778. The van der Waals surface area contributed by atoms with Crippen LogP contribution in [-0.2, 0) is 16.0 Å². The number of Topliss-reactive ketones (excluding diaryl/α,β-unsaturated/α-hetero) is 1. The van der Waals surface area contributed by atoms with Gasteiger partial charge in [0.2, 0.25) is 0 Å². The minimum atomic E-state index is 0.508. The Morgan fingerprint density at radius 1 is 0.909 bits per heavy atom. The van der Waals surface area contributed by atoms with E-state index in [9.17, 15) is 4.79 Å². The van der Waals surface area contributed by atoms with E-state index in [1.807, 2.05) is 12.3 Å². The lowest BCUT2D eigenvalue weighted by Gasteiger charge is -2.37. The van der Waals surface area contributed by atoms with E-state index in [4.69, 9.17) is 9.47 Å². The second kappa shape index (κ2) is 11.2. The summed E-state index contributed by atoms with van der Waals surface area (Å²) in [5.74, 6) is 4.75. The molecular formula is C27H41N3O3. The Labute approximate surface area is 199 Å². The number of hydrogen-bond donors (Lipinski definition) is 0. The van der Waals surface area contributed by atoms with Gasteiger partial charge in [0.05, 0.1) is 6.61 Å². The molecule has 0 N–H and O–H groups in total. The molecule has 0 bridgehead atoms. The number of carbonyl (C=O) groups excluding carboxylic acids is 1. The number of piperazine rings is 1. The van der Waals surface area contributed by atoms with Crippen LogP contribution in [0.25, 0.3) is 0 Å². The molecule has 6 heteroatoms. The fourth-order valence-electron chi connectivity index (χ4n) is 6.32. The van der Waals surface area contributed by atoms with Crippen molar-refractivity contribution < 1.29 is 14.3 Å². The largest absolute Gasteiger partial charge is 0.493 e. The molecule has 0 radical (unpaired) electrons.